The summed E-state index contributed by atoms with van der Waals surface area (Å²) in [6, 6.07) is 0.240. The van der Waals surface area contributed by atoms with Gasteiger partial charge < -0.3 is 4.74 Å². The van der Waals surface area contributed by atoms with Gasteiger partial charge in [0.1, 0.15) is 4.90 Å². The predicted molar refractivity (Wildman–Crippen MR) is 91.6 cm³/mol. The fraction of sp³-hybridized carbons (Fsp3) is 0.812. The molecule has 3 heterocycles. The maximum Gasteiger partial charge on any atom is 0.246 e. The number of aromatic nitrogens is 2. The average Bonchev–Trinajstić information content (AvgIpc) is 2.58. The maximum absolute atomic E-state index is 13.4. The topological polar surface area (TPSA) is 67.7 Å². The smallest absolute Gasteiger partial charge is 0.246 e. The number of hydrogen-bond acceptors (Lipinski definition) is 5. The Morgan fingerprint density at radius 1 is 1.17 bits per heavy atom. The number of aryl methyl sites for hydroxylation is 1. The zero-order valence-electron chi connectivity index (χ0n) is 15.2. The molecule has 0 amide bonds. The van der Waals surface area contributed by atoms with Crippen LogP contribution in [0.1, 0.15) is 31.3 Å². The molecule has 8 heteroatoms. The van der Waals surface area contributed by atoms with Gasteiger partial charge in [-0.15, -0.1) is 0 Å². The van der Waals surface area contributed by atoms with E-state index in [2.05, 4.69) is 17.0 Å². The molecule has 2 saturated heterocycles. The van der Waals surface area contributed by atoms with E-state index in [-0.39, 0.29) is 18.0 Å². The number of ether oxygens (including phenoxy) is 1. The van der Waals surface area contributed by atoms with Crippen LogP contribution in [-0.2, 0) is 14.8 Å². The molecular weight excluding hydrogens is 328 g/mol. The molecule has 2 aliphatic rings. The van der Waals surface area contributed by atoms with Gasteiger partial charge in [-0.1, -0.05) is 0 Å². The minimum Gasteiger partial charge on any atom is -0.379 e. The molecule has 136 valence electrons. The third kappa shape index (κ3) is 3.00. The molecule has 3 rings (SSSR count). The Bertz CT molecular complexity index is 713. The van der Waals surface area contributed by atoms with Crippen molar-refractivity contribution in [2.45, 2.75) is 44.7 Å². The fourth-order valence-corrected chi connectivity index (χ4v) is 5.77. The number of hydrogen-bond donors (Lipinski definition) is 0. The predicted octanol–water partition coefficient (Wildman–Crippen LogP) is 1.03. The summed E-state index contributed by atoms with van der Waals surface area (Å²) in [6.07, 6.45) is 0. The van der Waals surface area contributed by atoms with E-state index in [1.54, 1.807) is 15.9 Å². The molecule has 1 aromatic heterocycles. The van der Waals surface area contributed by atoms with Crippen LogP contribution in [0, 0.1) is 19.8 Å². The van der Waals surface area contributed by atoms with E-state index < -0.39 is 10.0 Å². The lowest BCUT2D eigenvalue weighted by atomic mass is 10.1. The molecule has 1 aromatic rings. The number of likely N-dealkylation sites (N-methyl/N-ethyl adjacent to an activating group) is 1. The summed E-state index contributed by atoms with van der Waals surface area (Å²) in [7, 11) is -1.51. The van der Waals surface area contributed by atoms with Crippen molar-refractivity contribution in [3.05, 3.63) is 11.4 Å². The molecule has 0 spiro atoms. The van der Waals surface area contributed by atoms with E-state index >= 15 is 0 Å². The summed E-state index contributed by atoms with van der Waals surface area (Å²) in [4.78, 5) is 2.60. The lowest BCUT2D eigenvalue weighted by molar-refractivity contribution is 0.0727. The van der Waals surface area contributed by atoms with Gasteiger partial charge in [0.2, 0.25) is 10.0 Å². The van der Waals surface area contributed by atoms with Crippen molar-refractivity contribution in [1.82, 2.24) is 19.0 Å². The van der Waals surface area contributed by atoms with Crippen LogP contribution >= 0.6 is 0 Å². The van der Waals surface area contributed by atoms with Crippen molar-refractivity contribution >= 4 is 10.0 Å². The van der Waals surface area contributed by atoms with Gasteiger partial charge in [-0.2, -0.15) is 9.40 Å². The van der Waals surface area contributed by atoms with Crippen LogP contribution in [0.2, 0.25) is 0 Å². The Morgan fingerprint density at radius 2 is 1.88 bits per heavy atom. The molecule has 2 aliphatic heterocycles. The Hall–Kier alpha value is -0.960. The van der Waals surface area contributed by atoms with E-state index in [1.807, 2.05) is 20.8 Å². The first-order valence-electron chi connectivity index (χ1n) is 8.55. The largest absolute Gasteiger partial charge is 0.379 e. The van der Waals surface area contributed by atoms with E-state index in [4.69, 9.17) is 4.74 Å². The molecule has 2 fully saturated rings. The Labute approximate surface area is 144 Å². The zero-order valence-corrected chi connectivity index (χ0v) is 16.0. The van der Waals surface area contributed by atoms with E-state index in [0.29, 0.717) is 36.9 Å². The summed E-state index contributed by atoms with van der Waals surface area (Å²) in [5.41, 5.74) is 1.31. The number of nitrogens with zero attached hydrogens (tertiary/aromatic N) is 4. The molecule has 0 unspecified atom stereocenters. The second-order valence-electron chi connectivity index (χ2n) is 7.36. The first kappa shape index (κ1) is 17.8. The van der Waals surface area contributed by atoms with Crippen LogP contribution in [0.5, 0.6) is 0 Å². The summed E-state index contributed by atoms with van der Waals surface area (Å²) < 4.78 is 35.9. The SMILES string of the molecule is Cc1nn(C(C)C)c(C)c1S(=O)(=O)N1C[C@@H]2COC[C@H](C1)N(C)C2. The van der Waals surface area contributed by atoms with Crippen molar-refractivity contribution < 1.29 is 13.2 Å². The Balaban J connectivity index is 1.99. The highest BCUT2D eigenvalue weighted by Crippen LogP contribution is 2.29. The van der Waals surface area contributed by atoms with Gasteiger partial charge in [0.05, 0.1) is 24.6 Å². The van der Waals surface area contributed by atoms with Crippen LogP contribution in [-0.4, -0.2) is 73.3 Å². The van der Waals surface area contributed by atoms with E-state index in [1.165, 1.54) is 0 Å². The van der Waals surface area contributed by atoms with Crippen LogP contribution < -0.4 is 0 Å². The van der Waals surface area contributed by atoms with Crippen molar-refractivity contribution in [2.75, 3.05) is 39.9 Å². The lowest BCUT2D eigenvalue weighted by Crippen LogP contribution is -2.44. The van der Waals surface area contributed by atoms with Crippen molar-refractivity contribution in [2.24, 2.45) is 5.92 Å². The summed E-state index contributed by atoms with van der Waals surface area (Å²) in [5.74, 6) is 0.207. The standard InChI is InChI=1S/C16H28N4O3S/c1-11(2)20-13(4)16(12(3)17-20)24(21,22)19-7-14-6-18(5)15(8-19)10-23-9-14/h11,14-15H,6-10H2,1-5H3/t14-,15+/m1/s1. The normalized spacial score (nSPS) is 26.8. The number of sulfonamides is 1. The highest BCUT2D eigenvalue weighted by molar-refractivity contribution is 7.89. The highest BCUT2D eigenvalue weighted by Gasteiger charge is 2.39. The summed E-state index contributed by atoms with van der Waals surface area (Å²) >= 11 is 0. The monoisotopic (exact) mass is 356 g/mol. The molecule has 0 saturated carbocycles. The molecular formula is C16H28N4O3S. The first-order valence-corrected chi connectivity index (χ1v) is 9.99. The molecule has 24 heavy (non-hydrogen) atoms. The van der Waals surface area contributed by atoms with Crippen molar-refractivity contribution in [1.29, 1.82) is 0 Å². The number of fused-ring (bicyclic) bond motifs is 3. The van der Waals surface area contributed by atoms with Gasteiger partial charge in [0.25, 0.3) is 0 Å². The number of rotatable bonds is 3. The van der Waals surface area contributed by atoms with Crippen molar-refractivity contribution in [3.8, 4) is 0 Å². The summed E-state index contributed by atoms with van der Waals surface area (Å²) in [5, 5.41) is 4.46. The average molecular weight is 356 g/mol. The highest BCUT2D eigenvalue weighted by atomic mass is 32.2. The fourth-order valence-electron chi connectivity index (χ4n) is 3.86. The first-order chi connectivity index (χ1) is 11.2. The van der Waals surface area contributed by atoms with Crippen LogP contribution in [0.4, 0.5) is 0 Å². The van der Waals surface area contributed by atoms with Crippen molar-refractivity contribution in [3.63, 3.8) is 0 Å². The second kappa shape index (κ2) is 6.40. The van der Waals surface area contributed by atoms with Gasteiger partial charge in [-0.25, -0.2) is 8.42 Å². The molecule has 0 aromatic carbocycles. The molecule has 0 N–H and O–H groups in total. The zero-order chi connectivity index (χ0) is 17.6. The maximum atomic E-state index is 13.4. The quantitative estimate of drug-likeness (QED) is 0.809. The van der Waals surface area contributed by atoms with Crippen LogP contribution in [0.3, 0.4) is 0 Å². The third-order valence-electron chi connectivity index (χ3n) is 5.06. The Kier molecular flexibility index (Phi) is 4.76. The van der Waals surface area contributed by atoms with E-state index in [0.717, 1.165) is 12.2 Å². The van der Waals surface area contributed by atoms with Gasteiger partial charge in [0, 0.05) is 37.6 Å². The second-order valence-corrected chi connectivity index (χ2v) is 9.23. The van der Waals surface area contributed by atoms with Gasteiger partial charge in [0.15, 0.2) is 0 Å². The minimum atomic E-state index is -3.56. The minimum absolute atomic E-state index is 0.105. The van der Waals surface area contributed by atoms with Crippen LogP contribution in [0.25, 0.3) is 0 Å². The molecule has 0 aliphatic carbocycles. The molecule has 2 bridgehead atoms. The Morgan fingerprint density at radius 3 is 2.50 bits per heavy atom. The van der Waals surface area contributed by atoms with Gasteiger partial charge in [-0.3, -0.25) is 9.58 Å². The van der Waals surface area contributed by atoms with Gasteiger partial charge >= 0.3 is 0 Å². The molecule has 7 nitrogen and oxygen atoms in total. The van der Waals surface area contributed by atoms with Gasteiger partial charge in [-0.05, 0) is 34.7 Å². The molecule has 0 radical (unpaired) electrons. The van der Waals surface area contributed by atoms with E-state index in [9.17, 15) is 8.42 Å². The van der Waals surface area contributed by atoms with Crippen LogP contribution in [0.15, 0.2) is 4.90 Å². The summed E-state index contributed by atoms with van der Waals surface area (Å²) in [6.45, 7) is 10.7. The third-order valence-corrected chi connectivity index (χ3v) is 7.14. The molecule has 2 atom stereocenters. The lowest BCUT2D eigenvalue weighted by Gasteiger charge is -2.29.